The summed E-state index contributed by atoms with van der Waals surface area (Å²) in [5, 5.41) is 23.8. The first-order chi connectivity index (χ1) is 13.4. The molecule has 0 bridgehead atoms. The Kier molecular flexibility index (Phi) is 6.32. The maximum atomic E-state index is 10.9. The third-order valence-corrected chi connectivity index (χ3v) is 4.94. The molecule has 0 spiro atoms. The van der Waals surface area contributed by atoms with E-state index in [1.807, 2.05) is 11.9 Å². The minimum atomic E-state index is -0.817. The topological polar surface area (TPSA) is 126 Å². The summed E-state index contributed by atoms with van der Waals surface area (Å²) in [5.74, 6) is -0.0328. The molecule has 0 radical (unpaired) electrons. The number of likely N-dealkylation sites (N-methyl/N-ethyl adjacent to an activating group) is 1. The van der Waals surface area contributed by atoms with Gasteiger partial charge in [-0.25, -0.2) is 0 Å². The average Bonchev–Trinajstić information content (AvgIpc) is 2.99. The van der Waals surface area contributed by atoms with Crippen molar-refractivity contribution >= 4 is 11.7 Å². The van der Waals surface area contributed by atoms with Crippen molar-refractivity contribution in [1.29, 1.82) is 0 Å². The first-order valence-corrected chi connectivity index (χ1v) is 9.14. The Morgan fingerprint density at radius 3 is 3.00 bits per heavy atom. The molecule has 0 saturated carbocycles. The van der Waals surface area contributed by atoms with Crippen LogP contribution in [0, 0.1) is 10.1 Å². The van der Waals surface area contributed by atoms with Gasteiger partial charge in [-0.1, -0.05) is 17.3 Å². The number of hydrogen-bond donors (Lipinski definition) is 1. The van der Waals surface area contributed by atoms with Gasteiger partial charge in [-0.3, -0.25) is 24.7 Å². The van der Waals surface area contributed by atoms with E-state index in [1.54, 1.807) is 12.1 Å². The van der Waals surface area contributed by atoms with E-state index in [1.165, 1.54) is 12.1 Å². The summed E-state index contributed by atoms with van der Waals surface area (Å²) < 4.78 is 5.33. The lowest BCUT2D eigenvalue weighted by atomic mass is 10.1. The van der Waals surface area contributed by atoms with Crippen molar-refractivity contribution < 1.29 is 19.3 Å². The predicted octanol–water partition coefficient (Wildman–Crippen LogP) is 2.02. The summed E-state index contributed by atoms with van der Waals surface area (Å²) in [6.45, 7) is 2.22. The fourth-order valence-corrected chi connectivity index (χ4v) is 3.47. The summed E-state index contributed by atoms with van der Waals surface area (Å²) in [5.41, 5.74) is 0.517. The highest BCUT2D eigenvalue weighted by Crippen LogP contribution is 2.22. The summed E-state index contributed by atoms with van der Waals surface area (Å²) in [4.78, 5) is 29.8. The molecule has 2 heterocycles. The molecule has 28 heavy (non-hydrogen) atoms. The van der Waals surface area contributed by atoms with Gasteiger partial charge in [0.25, 0.3) is 5.69 Å². The van der Waals surface area contributed by atoms with E-state index >= 15 is 0 Å². The molecule has 1 saturated heterocycles. The van der Waals surface area contributed by atoms with Crippen molar-refractivity contribution in [2.24, 2.45) is 0 Å². The van der Waals surface area contributed by atoms with Gasteiger partial charge in [0.1, 0.15) is 0 Å². The molecule has 2 aromatic rings. The molecule has 0 amide bonds. The number of rotatable bonds is 7. The van der Waals surface area contributed by atoms with Crippen LogP contribution in [-0.2, 0) is 11.3 Å². The van der Waals surface area contributed by atoms with Gasteiger partial charge in [-0.05, 0) is 32.9 Å². The number of nitrogens with zero attached hydrogens (tertiary/aromatic N) is 5. The second-order valence-electron chi connectivity index (χ2n) is 6.99. The number of carboxylic acid groups (broad SMARTS) is 1. The molecule has 1 aliphatic heterocycles. The second kappa shape index (κ2) is 8.89. The SMILES string of the molecule is CN(CC(=O)O)C1CCCN(Cc2nc(-c3cccc([N+](=O)[O-])c3)no2)CC1. The molecular formula is C18H23N5O5. The zero-order valence-corrected chi connectivity index (χ0v) is 15.7. The van der Waals surface area contributed by atoms with Crippen molar-refractivity contribution in [2.45, 2.75) is 31.8 Å². The van der Waals surface area contributed by atoms with E-state index in [9.17, 15) is 14.9 Å². The molecule has 10 heteroatoms. The van der Waals surface area contributed by atoms with Gasteiger partial charge in [0, 0.05) is 30.3 Å². The molecule has 1 N–H and O–H groups in total. The quantitative estimate of drug-likeness (QED) is 0.559. The monoisotopic (exact) mass is 389 g/mol. The van der Waals surface area contributed by atoms with Gasteiger partial charge in [0.05, 0.1) is 18.0 Å². The molecule has 10 nitrogen and oxygen atoms in total. The van der Waals surface area contributed by atoms with Crippen LogP contribution in [-0.4, -0.2) is 68.7 Å². The molecule has 3 rings (SSSR count). The zero-order chi connectivity index (χ0) is 20.1. The third kappa shape index (κ3) is 5.11. The molecule has 1 aliphatic rings. The minimum absolute atomic E-state index is 0.0205. The number of aromatic nitrogens is 2. The Labute approximate surface area is 161 Å². The van der Waals surface area contributed by atoms with Crippen LogP contribution in [0.2, 0.25) is 0 Å². The Morgan fingerprint density at radius 2 is 2.25 bits per heavy atom. The number of nitro benzene ring substituents is 1. The first kappa shape index (κ1) is 19.9. The number of carbonyl (C=O) groups is 1. The average molecular weight is 389 g/mol. The Hall–Kier alpha value is -2.85. The van der Waals surface area contributed by atoms with Crippen LogP contribution < -0.4 is 0 Å². The van der Waals surface area contributed by atoms with Gasteiger partial charge in [-0.15, -0.1) is 0 Å². The van der Waals surface area contributed by atoms with Crippen molar-refractivity contribution in [3.05, 3.63) is 40.3 Å². The van der Waals surface area contributed by atoms with Crippen LogP contribution in [0.4, 0.5) is 5.69 Å². The number of nitro groups is 1. The van der Waals surface area contributed by atoms with Gasteiger partial charge in [-0.2, -0.15) is 4.98 Å². The van der Waals surface area contributed by atoms with E-state index in [4.69, 9.17) is 9.63 Å². The third-order valence-electron chi connectivity index (χ3n) is 4.94. The number of non-ortho nitro benzene ring substituents is 1. The van der Waals surface area contributed by atoms with E-state index in [2.05, 4.69) is 15.0 Å². The fraction of sp³-hybridized carbons (Fsp3) is 0.500. The van der Waals surface area contributed by atoms with E-state index in [0.717, 1.165) is 32.4 Å². The van der Waals surface area contributed by atoms with Crippen LogP contribution in [0.25, 0.3) is 11.4 Å². The number of hydrogen-bond acceptors (Lipinski definition) is 8. The van der Waals surface area contributed by atoms with Crippen LogP contribution in [0.3, 0.4) is 0 Å². The molecule has 1 aromatic carbocycles. The van der Waals surface area contributed by atoms with E-state index in [-0.39, 0.29) is 18.3 Å². The van der Waals surface area contributed by atoms with Crippen LogP contribution >= 0.6 is 0 Å². The van der Waals surface area contributed by atoms with E-state index < -0.39 is 10.9 Å². The van der Waals surface area contributed by atoms with Crippen molar-refractivity contribution in [1.82, 2.24) is 19.9 Å². The molecule has 1 atom stereocenters. The Morgan fingerprint density at radius 1 is 1.43 bits per heavy atom. The Bertz CT molecular complexity index is 839. The molecule has 1 aromatic heterocycles. The maximum Gasteiger partial charge on any atom is 0.317 e. The summed E-state index contributed by atoms with van der Waals surface area (Å²) in [6, 6.07) is 6.37. The lowest BCUT2D eigenvalue weighted by Gasteiger charge is -2.25. The minimum Gasteiger partial charge on any atom is -0.480 e. The maximum absolute atomic E-state index is 10.9. The second-order valence-corrected chi connectivity index (χ2v) is 6.99. The van der Waals surface area contributed by atoms with Gasteiger partial charge in [0.15, 0.2) is 0 Å². The number of benzene rings is 1. The first-order valence-electron chi connectivity index (χ1n) is 9.14. The highest BCUT2D eigenvalue weighted by atomic mass is 16.6. The molecular weight excluding hydrogens is 366 g/mol. The predicted molar refractivity (Wildman–Crippen MR) is 99.6 cm³/mol. The zero-order valence-electron chi connectivity index (χ0n) is 15.7. The molecule has 1 unspecified atom stereocenters. The fourth-order valence-electron chi connectivity index (χ4n) is 3.47. The Balaban J connectivity index is 1.60. The summed E-state index contributed by atoms with van der Waals surface area (Å²) in [6.07, 6.45) is 2.78. The standard InChI is InChI=1S/C18H23N5O5/c1-21(12-17(24)25)14-6-3-8-22(9-7-14)11-16-19-18(20-28-16)13-4-2-5-15(10-13)23(26)27/h2,4-5,10,14H,3,6-9,11-12H2,1H3,(H,24,25). The number of aliphatic carboxylic acids is 1. The normalized spacial score (nSPS) is 18.1. The van der Waals surface area contributed by atoms with Gasteiger partial charge < -0.3 is 9.63 Å². The summed E-state index contributed by atoms with van der Waals surface area (Å²) >= 11 is 0. The van der Waals surface area contributed by atoms with Crippen LogP contribution in [0.1, 0.15) is 25.2 Å². The van der Waals surface area contributed by atoms with Crippen LogP contribution in [0.15, 0.2) is 28.8 Å². The van der Waals surface area contributed by atoms with Gasteiger partial charge >= 0.3 is 5.97 Å². The lowest BCUT2D eigenvalue weighted by Crippen LogP contribution is -2.36. The number of carboxylic acids is 1. The lowest BCUT2D eigenvalue weighted by molar-refractivity contribution is -0.384. The van der Waals surface area contributed by atoms with Crippen molar-refractivity contribution in [2.75, 3.05) is 26.7 Å². The molecule has 1 fully saturated rings. The highest BCUT2D eigenvalue weighted by molar-refractivity contribution is 5.69. The van der Waals surface area contributed by atoms with Crippen molar-refractivity contribution in [3.63, 3.8) is 0 Å². The van der Waals surface area contributed by atoms with Gasteiger partial charge in [0.2, 0.25) is 11.7 Å². The highest BCUT2D eigenvalue weighted by Gasteiger charge is 2.23. The van der Waals surface area contributed by atoms with Crippen LogP contribution in [0.5, 0.6) is 0 Å². The molecule has 150 valence electrons. The summed E-state index contributed by atoms with van der Waals surface area (Å²) in [7, 11) is 1.85. The van der Waals surface area contributed by atoms with Crippen molar-refractivity contribution in [3.8, 4) is 11.4 Å². The molecule has 0 aliphatic carbocycles. The van der Waals surface area contributed by atoms with E-state index in [0.29, 0.717) is 23.8 Å². The smallest absolute Gasteiger partial charge is 0.317 e. The largest absolute Gasteiger partial charge is 0.480 e. The number of likely N-dealkylation sites (tertiary alicyclic amines) is 1.